The molecule has 0 aliphatic carbocycles. The van der Waals surface area contributed by atoms with E-state index in [1.165, 1.54) is 18.6 Å². The first-order valence-corrected chi connectivity index (χ1v) is 9.08. The van der Waals surface area contributed by atoms with E-state index in [0.717, 1.165) is 36.4 Å². The molecule has 3 rings (SSSR count). The molecule has 1 aliphatic rings. The average Bonchev–Trinajstić information content (AvgIpc) is 2.67. The zero-order valence-corrected chi connectivity index (χ0v) is 14.7. The molecule has 1 saturated heterocycles. The van der Waals surface area contributed by atoms with Crippen LogP contribution in [-0.2, 0) is 16.0 Å². The lowest BCUT2D eigenvalue weighted by Crippen LogP contribution is -2.25. The highest BCUT2D eigenvalue weighted by molar-refractivity contribution is 5.90. The minimum atomic E-state index is -0.280. The Hall–Kier alpha value is -2.40. The third-order valence-corrected chi connectivity index (χ3v) is 4.38. The third-order valence-electron chi connectivity index (χ3n) is 4.38. The van der Waals surface area contributed by atoms with Gasteiger partial charge in [0.05, 0.1) is 6.10 Å². The molecule has 1 fully saturated rings. The molecule has 138 valence electrons. The van der Waals surface area contributed by atoms with Crippen LogP contribution in [0.4, 0.5) is 10.1 Å². The van der Waals surface area contributed by atoms with Gasteiger partial charge in [-0.25, -0.2) is 4.39 Å². The zero-order valence-electron chi connectivity index (χ0n) is 14.7. The molecule has 26 heavy (non-hydrogen) atoms. The molecule has 2 aromatic rings. The lowest BCUT2D eigenvalue weighted by Gasteiger charge is -2.22. The second-order valence-electron chi connectivity index (χ2n) is 6.50. The van der Waals surface area contributed by atoms with E-state index in [0.29, 0.717) is 19.4 Å². The number of amides is 1. The van der Waals surface area contributed by atoms with Crippen LogP contribution in [0.3, 0.4) is 0 Å². The van der Waals surface area contributed by atoms with Crippen LogP contribution in [-0.4, -0.2) is 25.2 Å². The average molecular weight is 357 g/mol. The summed E-state index contributed by atoms with van der Waals surface area (Å²) in [5.41, 5.74) is 1.53. The Kier molecular flexibility index (Phi) is 6.61. The molecule has 0 spiro atoms. The predicted molar refractivity (Wildman–Crippen MR) is 98.9 cm³/mol. The summed E-state index contributed by atoms with van der Waals surface area (Å²) in [6, 6.07) is 13.6. The van der Waals surface area contributed by atoms with Crippen LogP contribution in [0.1, 0.15) is 31.2 Å². The van der Waals surface area contributed by atoms with E-state index >= 15 is 0 Å². The maximum Gasteiger partial charge on any atom is 0.224 e. The van der Waals surface area contributed by atoms with Crippen LogP contribution < -0.4 is 10.1 Å². The third kappa shape index (κ3) is 5.85. The molecule has 1 aliphatic heterocycles. The Morgan fingerprint density at radius 2 is 2.04 bits per heavy atom. The number of carbonyl (C=O) groups is 1. The van der Waals surface area contributed by atoms with Crippen LogP contribution in [0, 0.1) is 5.82 Å². The van der Waals surface area contributed by atoms with E-state index < -0.39 is 0 Å². The van der Waals surface area contributed by atoms with Crippen molar-refractivity contribution in [1.82, 2.24) is 0 Å². The van der Waals surface area contributed by atoms with Crippen molar-refractivity contribution < 1.29 is 18.7 Å². The fraction of sp³-hybridized carbons (Fsp3) is 0.381. The Bertz CT molecular complexity index is 711. The normalized spacial score (nSPS) is 16.9. The van der Waals surface area contributed by atoms with Crippen molar-refractivity contribution in [2.24, 2.45) is 0 Å². The van der Waals surface area contributed by atoms with Gasteiger partial charge in [-0.1, -0.05) is 12.1 Å². The summed E-state index contributed by atoms with van der Waals surface area (Å²) in [4.78, 5) is 12.0. The number of halogens is 1. The summed E-state index contributed by atoms with van der Waals surface area (Å²) in [6.07, 6.45) is 4.34. The molecule has 5 heteroatoms. The van der Waals surface area contributed by atoms with Gasteiger partial charge in [0.1, 0.15) is 18.2 Å². The monoisotopic (exact) mass is 357 g/mol. The van der Waals surface area contributed by atoms with Crippen molar-refractivity contribution in [2.75, 3.05) is 18.5 Å². The molecule has 1 atom stereocenters. The summed E-state index contributed by atoms with van der Waals surface area (Å²) in [5, 5.41) is 2.85. The summed E-state index contributed by atoms with van der Waals surface area (Å²) in [6.45, 7) is 1.37. The molecule has 4 nitrogen and oxygen atoms in total. The summed E-state index contributed by atoms with van der Waals surface area (Å²) in [5.74, 6) is 0.382. The van der Waals surface area contributed by atoms with Crippen LogP contribution in [0.25, 0.3) is 0 Å². The van der Waals surface area contributed by atoms with Gasteiger partial charge < -0.3 is 14.8 Å². The standard InChI is InChI=1S/C21H24FNO3/c22-17-5-3-4-16(14-17)7-12-21(24)23-18-8-10-19(11-9-18)26-15-20-6-1-2-13-25-20/h3-5,8-11,14,20H,1-2,6-7,12-13,15H2,(H,23,24). The maximum atomic E-state index is 13.1. The van der Waals surface area contributed by atoms with Gasteiger partial charge in [-0.05, 0) is 67.6 Å². The first-order chi connectivity index (χ1) is 12.7. The van der Waals surface area contributed by atoms with Gasteiger partial charge in [0.15, 0.2) is 0 Å². The number of nitrogens with one attached hydrogen (secondary N) is 1. The minimum absolute atomic E-state index is 0.0986. The Labute approximate surface area is 153 Å². The van der Waals surface area contributed by atoms with Gasteiger partial charge in [-0.15, -0.1) is 0 Å². The van der Waals surface area contributed by atoms with Crippen molar-refractivity contribution in [3.05, 3.63) is 59.9 Å². The van der Waals surface area contributed by atoms with Gasteiger partial charge in [0.2, 0.25) is 5.91 Å². The lowest BCUT2D eigenvalue weighted by molar-refractivity contribution is -0.116. The van der Waals surface area contributed by atoms with Gasteiger partial charge >= 0.3 is 0 Å². The van der Waals surface area contributed by atoms with Crippen molar-refractivity contribution in [3.63, 3.8) is 0 Å². The van der Waals surface area contributed by atoms with Gasteiger partial charge in [-0.3, -0.25) is 4.79 Å². The van der Waals surface area contributed by atoms with Gasteiger partial charge in [0, 0.05) is 18.7 Å². The van der Waals surface area contributed by atoms with Crippen LogP contribution >= 0.6 is 0 Å². The molecule has 1 unspecified atom stereocenters. The van der Waals surface area contributed by atoms with Crippen LogP contribution in [0.15, 0.2) is 48.5 Å². The van der Waals surface area contributed by atoms with Crippen molar-refractivity contribution >= 4 is 11.6 Å². The highest BCUT2D eigenvalue weighted by Crippen LogP contribution is 2.19. The van der Waals surface area contributed by atoms with Crippen LogP contribution in [0.5, 0.6) is 5.75 Å². The van der Waals surface area contributed by atoms with E-state index in [9.17, 15) is 9.18 Å². The molecule has 0 radical (unpaired) electrons. The maximum absolute atomic E-state index is 13.1. The topological polar surface area (TPSA) is 47.6 Å². The number of benzene rings is 2. The molecule has 1 amide bonds. The van der Waals surface area contributed by atoms with Gasteiger partial charge in [0.25, 0.3) is 0 Å². The number of hydrogen-bond acceptors (Lipinski definition) is 3. The number of ether oxygens (including phenoxy) is 2. The summed E-state index contributed by atoms with van der Waals surface area (Å²) in [7, 11) is 0. The highest BCUT2D eigenvalue weighted by Gasteiger charge is 2.14. The van der Waals surface area contributed by atoms with E-state index in [-0.39, 0.29) is 17.8 Å². The zero-order chi connectivity index (χ0) is 18.2. The predicted octanol–water partition coefficient (Wildman–Crippen LogP) is 4.34. The fourth-order valence-corrected chi connectivity index (χ4v) is 2.94. The molecule has 0 aromatic heterocycles. The molecule has 0 saturated carbocycles. The molecule has 1 heterocycles. The summed E-state index contributed by atoms with van der Waals surface area (Å²) >= 11 is 0. The number of rotatable bonds is 7. The molecule has 2 aromatic carbocycles. The first kappa shape index (κ1) is 18.4. The quantitative estimate of drug-likeness (QED) is 0.802. The van der Waals surface area contributed by atoms with Crippen molar-refractivity contribution in [1.29, 1.82) is 0 Å². The SMILES string of the molecule is O=C(CCc1cccc(F)c1)Nc1ccc(OCC2CCCCO2)cc1. The molecular weight excluding hydrogens is 333 g/mol. The number of aryl methyl sites for hydroxylation is 1. The van der Waals surface area contributed by atoms with Gasteiger partial charge in [-0.2, -0.15) is 0 Å². The van der Waals surface area contributed by atoms with Crippen LogP contribution in [0.2, 0.25) is 0 Å². The highest BCUT2D eigenvalue weighted by atomic mass is 19.1. The number of anilines is 1. The first-order valence-electron chi connectivity index (χ1n) is 9.08. The van der Waals surface area contributed by atoms with Crippen molar-refractivity contribution in [3.8, 4) is 5.75 Å². The van der Waals surface area contributed by atoms with E-state index in [4.69, 9.17) is 9.47 Å². The lowest BCUT2D eigenvalue weighted by atomic mass is 10.1. The number of carbonyl (C=O) groups excluding carboxylic acids is 1. The Morgan fingerprint density at radius 1 is 1.19 bits per heavy atom. The van der Waals surface area contributed by atoms with Crippen molar-refractivity contribution in [2.45, 2.75) is 38.2 Å². The molecule has 0 bridgehead atoms. The minimum Gasteiger partial charge on any atom is -0.491 e. The smallest absolute Gasteiger partial charge is 0.224 e. The second kappa shape index (κ2) is 9.34. The van der Waals surface area contributed by atoms with E-state index in [1.54, 1.807) is 6.07 Å². The largest absolute Gasteiger partial charge is 0.491 e. The second-order valence-corrected chi connectivity index (χ2v) is 6.50. The number of hydrogen-bond donors (Lipinski definition) is 1. The molecular formula is C21H24FNO3. The summed E-state index contributed by atoms with van der Waals surface area (Å²) < 4.78 is 24.5. The van der Waals surface area contributed by atoms with E-state index in [2.05, 4.69) is 5.32 Å². The Morgan fingerprint density at radius 3 is 2.77 bits per heavy atom. The Balaban J connectivity index is 1.42. The molecule has 1 N–H and O–H groups in total. The van der Waals surface area contributed by atoms with E-state index in [1.807, 2.05) is 30.3 Å². The fourth-order valence-electron chi connectivity index (χ4n) is 2.94.